The minimum absolute atomic E-state index is 0. The molecule has 7 rings (SSSR count). The van der Waals surface area contributed by atoms with Crippen LogP contribution in [0.15, 0.2) is 185 Å². The van der Waals surface area contributed by atoms with Gasteiger partial charge in [-0.05, 0) is 74.2 Å². The summed E-state index contributed by atoms with van der Waals surface area (Å²) in [6, 6.07) is 42.1. The maximum Gasteiger partial charge on any atom is 2.00 e. The van der Waals surface area contributed by atoms with Crippen LogP contribution in [0, 0.1) is 25.0 Å². The molecule has 4 aromatic carbocycles. The van der Waals surface area contributed by atoms with E-state index in [0.717, 1.165) is 0 Å². The summed E-state index contributed by atoms with van der Waals surface area (Å²) in [5.41, 5.74) is 13.8. The molecule has 0 aliphatic heterocycles. The van der Waals surface area contributed by atoms with Gasteiger partial charge >= 0.3 is 17.1 Å². The number of benzene rings is 4. The number of nitrogens with zero attached hydrogens (tertiary/aromatic N) is 1. The monoisotopic (exact) mass is 681 g/mol. The van der Waals surface area contributed by atoms with Crippen LogP contribution in [0.5, 0.6) is 0 Å². The summed E-state index contributed by atoms with van der Waals surface area (Å²) in [5, 5.41) is 8.20. The van der Waals surface area contributed by atoms with E-state index in [9.17, 15) is 0 Å². The van der Waals surface area contributed by atoms with Gasteiger partial charge < -0.3 is 0 Å². The number of likely N-dealkylation sites (N-methyl/N-ethyl adjacent to an activating group) is 1. The number of allylic oxidation sites excluding steroid dienone is 7. The molecule has 47 heavy (non-hydrogen) atoms. The molecule has 0 saturated heterocycles. The van der Waals surface area contributed by atoms with Gasteiger partial charge in [0.2, 0.25) is 0 Å². The van der Waals surface area contributed by atoms with Gasteiger partial charge in [-0.25, -0.2) is 5.73 Å². The van der Waals surface area contributed by atoms with E-state index in [1.807, 2.05) is 0 Å². The molecule has 0 fully saturated rings. The Hall–Kier alpha value is -4.09. The molecule has 0 spiro atoms. The number of hydrogen-bond donors (Lipinski definition) is 0. The van der Waals surface area contributed by atoms with Gasteiger partial charge in [-0.3, -0.25) is 16.4 Å². The molecule has 1 nitrogen and oxygen atoms in total. The average molecular weight is 682 g/mol. The fraction of sp³-hybridized carbons (Fsp3) is 0.0698. The van der Waals surface area contributed by atoms with Gasteiger partial charge in [-0.1, -0.05) is 115 Å². The third kappa shape index (κ3) is 8.26. The Morgan fingerprint density at radius 1 is 0.702 bits per heavy atom. The number of hydrogen-bond acceptors (Lipinski definition) is 1. The van der Waals surface area contributed by atoms with E-state index < -0.39 is 15.8 Å². The van der Waals surface area contributed by atoms with Gasteiger partial charge in [-0.2, -0.15) is 24.6 Å². The summed E-state index contributed by atoms with van der Waals surface area (Å²) in [7, 11) is 2.91. The molecule has 0 saturated carbocycles. The standard InChI is InChI=1S/C38H33NP2.C5.Fe/c1-39(2)38(35-27-17-29-37(35)41(32-22-11-5-12-23-32)33-24-13-6-14-25-33)34-26-15-16-28-36(34)40(30-18-7-3-8-19-30)31-20-9-4-10-21-31;1-2-4-5-3-1;/h3-26,28-29,38H,1-2H3;;/q2*-1;+2/t38-;;/m1../s1. The predicted octanol–water partition coefficient (Wildman–Crippen LogP) is 8.32. The van der Waals surface area contributed by atoms with Gasteiger partial charge in [0.1, 0.15) is 0 Å². The second kappa shape index (κ2) is 17.2. The average Bonchev–Trinajstić information content (AvgIpc) is 3.85. The first kappa shape index (κ1) is 34.2. The van der Waals surface area contributed by atoms with Gasteiger partial charge in [0.15, 0.2) is 0 Å². The van der Waals surface area contributed by atoms with Crippen molar-refractivity contribution in [3.8, 4) is 0 Å². The van der Waals surface area contributed by atoms with Gasteiger partial charge in [0.05, 0.1) is 6.04 Å². The zero-order chi connectivity index (χ0) is 31.6. The first-order valence-electron chi connectivity index (χ1n) is 15.2. The maximum atomic E-state index is 3.73. The summed E-state index contributed by atoms with van der Waals surface area (Å²) >= 11 is 0. The van der Waals surface area contributed by atoms with Crippen LogP contribution in [0.3, 0.4) is 0 Å². The summed E-state index contributed by atoms with van der Waals surface area (Å²) in [6.07, 6.45) is 20.4. The Morgan fingerprint density at radius 3 is 1.81 bits per heavy atom. The second-order valence-corrected chi connectivity index (χ2v) is 15.2. The van der Waals surface area contributed by atoms with Gasteiger partial charge in [-0.15, -0.1) is 29.6 Å². The molecule has 0 bridgehead atoms. The molecular formula is C43H33FeNP2. The molecule has 4 heteroatoms. The first-order valence-corrected chi connectivity index (χ1v) is 17.9. The molecule has 4 aromatic rings. The van der Waals surface area contributed by atoms with Crippen molar-refractivity contribution < 1.29 is 17.1 Å². The van der Waals surface area contributed by atoms with Crippen LogP contribution in [-0.4, -0.2) is 19.0 Å². The molecule has 2 atom stereocenters. The summed E-state index contributed by atoms with van der Waals surface area (Å²) < 4.78 is 0. The van der Waals surface area contributed by atoms with Crippen molar-refractivity contribution in [1.82, 2.24) is 4.90 Å². The molecule has 0 aromatic heterocycles. The van der Waals surface area contributed by atoms with Crippen molar-refractivity contribution in [3.05, 3.63) is 215 Å². The minimum atomic E-state index is -0.748. The Morgan fingerprint density at radius 2 is 1.30 bits per heavy atom. The summed E-state index contributed by atoms with van der Waals surface area (Å²) in [4.78, 5) is 2.36. The van der Waals surface area contributed by atoms with Crippen molar-refractivity contribution >= 4 is 37.1 Å². The van der Waals surface area contributed by atoms with Gasteiger partial charge in [0.25, 0.3) is 0 Å². The van der Waals surface area contributed by atoms with E-state index in [4.69, 9.17) is 0 Å². The van der Waals surface area contributed by atoms with Crippen molar-refractivity contribution in [2.75, 3.05) is 14.1 Å². The van der Waals surface area contributed by atoms with E-state index >= 15 is 0 Å². The molecule has 0 heterocycles. The quantitative estimate of drug-likeness (QED) is 0.0744. The van der Waals surface area contributed by atoms with Crippen molar-refractivity contribution in [1.29, 1.82) is 0 Å². The van der Waals surface area contributed by atoms with E-state index in [1.54, 1.807) is 0 Å². The normalized spacial score (nSPS) is 14.9. The molecule has 3 aliphatic carbocycles. The third-order valence-corrected chi connectivity index (χ3v) is 12.6. The van der Waals surface area contributed by atoms with Crippen LogP contribution in [0.2, 0.25) is 0 Å². The van der Waals surface area contributed by atoms with Crippen LogP contribution >= 0.6 is 15.8 Å². The molecule has 0 N–H and O–H groups in total. The Bertz CT molecular complexity index is 1910. The first-order chi connectivity index (χ1) is 22.7. The van der Waals surface area contributed by atoms with Crippen LogP contribution in [-0.2, 0) is 17.1 Å². The van der Waals surface area contributed by atoms with Crippen LogP contribution in [0.4, 0.5) is 0 Å². The minimum Gasteiger partial charge on any atom is -0.298 e. The second-order valence-electron chi connectivity index (χ2n) is 10.8. The van der Waals surface area contributed by atoms with E-state index in [-0.39, 0.29) is 23.1 Å². The van der Waals surface area contributed by atoms with Crippen LogP contribution in [0.25, 0.3) is 0 Å². The van der Waals surface area contributed by atoms with E-state index in [2.05, 4.69) is 213 Å². The Balaban J connectivity index is 0.000000662. The van der Waals surface area contributed by atoms with E-state index in [0.29, 0.717) is 0 Å². The summed E-state index contributed by atoms with van der Waals surface area (Å²) in [5.74, 6) is 0. The Labute approximate surface area is 293 Å². The van der Waals surface area contributed by atoms with Crippen LogP contribution < -0.4 is 21.2 Å². The fourth-order valence-electron chi connectivity index (χ4n) is 5.72. The maximum absolute atomic E-state index is 3.73. The molecule has 3 aliphatic rings. The van der Waals surface area contributed by atoms with Crippen molar-refractivity contribution in [2.45, 2.75) is 6.04 Å². The predicted molar refractivity (Wildman–Crippen MR) is 197 cm³/mol. The zero-order valence-corrected chi connectivity index (χ0v) is 29.2. The molecular weight excluding hydrogens is 648 g/mol. The topological polar surface area (TPSA) is 3.24 Å². The Kier molecular flexibility index (Phi) is 12.5. The summed E-state index contributed by atoms with van der Waals surface area (Å²) in [6.45, 7) is 0. The van der Waals surface area contributed by atoms with E-state index in [1.165, 1.54) is 43.0 Å². The molecule has 1 unspecified atom stereocenters. The SMILES string of the molecule is CN(C)[C@@H](C1=C=CC=C1P(c1ccccc1)c1ccccc1)c1ccccc1P(C1=C[CH]C=C[CH-]1)c1ccccc1.[C]1=C=C=C=[C-]1.[Fe+2]. The molecule has 2 radical (unpaired) electrons. The molecule has 228 valence electrons. The van der Waals surface area contributed by atoms with Gasteiger partial charge in [0, 0.05) is 5.57 Å². The third-order valence-electron chi connectivity index (χ3n) is 7.63. The van der Waals surface area contributed by atoms with Crippen molar-refractivity contribution in [2.24, 2.45) is 0 Å². The molecule has 0 amide bonds. The van der Waals surface area contributed by atoms with Crippen molar-refractivity contribution in [3.63, 3.8) is 0 Å². The zero-order valence-electron chi connectivity index (χ0n) is 26.3. The fourth-order valence-corrected chi connectivity index (χ4v) is 10.7. The largest absolute Gasteiger partial charge is 2.00 e. The van der Waals surface area contributed by atoms with Crippen LogP contribution in [0.1, 0.15) is 11.6 Å². The number of rotatable bonds is 9. The smallest absolute Gasteiger partial charge is 0.298 e.